The number of amides is 1. The van der Waals surface area contributed by atoms with Crippen molar-refractivity contribution in [3.05, 3.63) is 62.7 Å². The van der Waals surface area contributed by atoms with Gasteiger partial charge in [-0.1, -0.05) is 11.6 Å². The molecule has 0 radical (unpaired) electrons. The lowest BCUT2D eigenvalue weighted by molar-refractivity contribution is -0.387. The number of hydrogen-bond donors (Lipinski definition) is 1. The highest BCUT2D eigenvalue weighted by atomic mass is 35.5. The fraction of sp³-hybridized carbons (Fsp3) is 0.176. The van der Waals surface area contributed by atoms with E-state index < -0.39 is 66.8 Å². The van der Waals surface area contributed by atoms with Crippen molar-refractivity contribution in [2.75, 3.05) is 18.2 Å². The second-order valence-corrected chi connectivity index (χ2v) is 8.44. The number of carbonyl (C=O) groups excluding carboxylic acids is 2. The van der Waals surface area contributed by atoms with Gasteiger partial charge in [-0.05, 0) is 30.3 Å². The van der Waals surface area contributed by atoms with Crippen molar-refractivity contribution in [3.63, 3.8) is 0 Å². The second-order valence-electron chi connectivity index (χ2n) is 6.02. The topological polar surface area (TPSA) is 133 Å². The summed E-state index contributed by atoms with van der Waals surface area (Å²) in [4.78, 5) is 33.4. The molecule has 31 heavy (non-hydrogen) atoms. The number of nitrogens with zero attached hydrogens (tertiary/aromatic N) is 1. The van der Waals surface area contributed by atoms with Gasteiger partial charge in [0.25, 0.3) is 11.6 Å². The van der Waals surface area contributed by atoms with E-state index in [1.165, 1.54) is 0 Å². The summed E-state index contributed by atoms with van der Waals surface area (Å²) in [5, 5.41) is 12.8. The number of esters is 1. The normalized spacial score (nSPS) is 11.6. The third-order valence-electron chi connectivity index (χ3n) is 3.69. The van der Waals surface area contributed by atoms with Crippen molar-refractivity contribution in [2.45, 2.75) is 11.1 Å². The molecule has 166 valence electrons. The van der Waals surface area contributed by atoms with Crippen molar-refractivity contribution in [1.82, 2.24) is 0 Å². The molecule has 0 aliphatic rings. The molecule has 2 aromatic carbocycles. The fourth-order valence-electron chi connectivity index (χ4n) is 2.36. The van der Waals surface area contributed by atoms with E-state index in [1.54, 1.807) is 0 Å². The van der Waals surface area contributed by atoms with E-state index >= 15 is 0 Å². The number of nitro benzene ring substituents is 1. The first-order valence-electron chi connectivity index (χ1n) is 8.02. The maximum Gasteiger partial charge on any atom is 0.418 e. The summed E-state index contributed by atoms with van der Waals surface area (Å²) in [5.74, 6) is -2.35. The number of nitrogens with one attached hydrogen (secondary N) is 1. The number of sulfone groups is 1. The van der Waals surface area contributed by atoms with Crippen LogP contribution in [0.5, 0.6) is 0 Å². The molecule has 0 heterocycles. The molecule has 2 rings (SSSR count). The molecule has 2 aromatic rings. The average Bonchev–Trinajstić information content (AvgIpc) is 2.65. The molecular weight excluding hydrogens is 469 g/mol. The van der Waals surface area contributed by atoms with Gasteiger partial charge in [-0.2, -0.15) is 13.2 Å². The number of ether oxygens (including phenoxy) is 1. The minimum absolute atomic E-state index is 0.212. The standard InChI is InChI=1S/C17H12ClF3N2O7S/c1-31(28,29)14-5-2-9(6-13(14)23(26)27)16(25)30-8-15(24)22-12-4-3-10(18)7-11(12)17(19,20)21/h2-7H,8H2,1H3,(H,22,24). The highest BCUT2D eigenvalue weighted by Gasteiger charge is 2.34. The van der Waals surface area contributed by atoms with Crippen LogP contribution in [0.4, 0.5) is 24.5 Å². The molecule has 0 spiro atoms. The van der Waals surface area contributed by atoms with Crippen LogP contribution in [0.15, 0.2) is 41.3 Å². The van der Waals surface area contributed by atoms with Gasteiger partial charge < -0.3 is 10.1 Å². The smallest absolute Gasteiger partial charge is 0.418 e. The number of halogens is 4. The summed E-state index contributed by atoms with van der Waals surface area (Å²) in [5.41, 5.74) is -3.15. The number of nitro groups is 1. The van der Waals surface area contributed by atoms with Crippen LogP contribution in [-0.2, 0) is 25.5 Å². The van der Waals surface area contributed by atoms with E-state index in [1.807, 2.05) is 5.32 Å². The van der Waals surface area contributed by atoms with Crippen LogP contribution in [0.2, 0.25) is 5.02 Å². The third-order valence-corrected chi connectivity index (χ3v) is 5.07. The first-order valence-corrected chi connectivity index (χ1v) is 10.3. The largest absolute Gasteiger partial charge is 0.452 e. The number of hydrogen-bond acceptors (Lipinski definition) is 7. The highest BCUT2D eigenvalue weighted by Crippen LogP contribution is 2.36. The molecule has 9 nitrogen and oxygen atoms in total. The molecule has 0 atom stereocenters. The van der Waals surface area contributed by atoms with Crippen LogP contribution in [0.1, 0.15) is 15.9 Å². The van der Waals surface area contributed by atoms with Crippen LogP contribution in [0, 0.1) is 10.1 Å². The summed E-state index contributed by atoms with van der Waals surface area (Å²) in [6.07, 6.45) is -4.08. The summed E-state index contributed by atoms with van der Waals surface area (Å²) >= 11 is 5.54. The lowest BCUT2D eigenvalue weighted by Crippen LogP contribution is -2.23. The lowest BCUT2D eigenvalue weighted by Gasteiger charge is -2.14. The van der Waals surface area contributed by atoms with Gasteiger partial charge >= 0.3 is 12.1 Å². The first kappa shape index (κ1) is 24.1. The predicted octanol–water partition coefficient (Wildman–Crippen LogP) is 3.47. The predicted molar refractivity (Wildman–Crippen MR) is 102 cm³/mol. The Morgan fingerprint density at radius 2 is 1.84 bits per heavy atom. The Bertz CT molecular complexity index is 1170. The van der Waals surface area contributed by atoms with E-state index in [2.05, 4.69) is 4.74 Å². The van der Waals surface area contributed by atoms with E-state index in [-0.39, 0.29) is 5.02 Å². The molecular formula is C17H12ClF3N2O7S. The highest BCUT2D eigenvalue weighted by molar-refractivity contribution is 7.90. The Kier molecular flexibility index (Phi) is 6.91. The lowest BCUT2D eigenvalue weighted by atomic mass is 10.1. The fourth-order valence-corrected chi connectivity index (χ4v) is 3.36. The molecule has 0 unspecified atom stereocenters. The molecule has 0 aliphatic carbocycles. The minimum Gasteiger partial charge on any atom is -0.452 e. The zero-order valence-electron chi connectivity index (χ0n) is 15.4. The van der Waals surface area contributed by atoms with Crippen molar-refractivity contribution < 1.29 is 40.8 Å². The van der Waals surface area contributed by atoms with Crippen LogP contribution < -0.4 is 5.32 Å². The Balaban J connectivity index is 2.14. The summed E-state index contributed by atoms with van der Waals surface area (Å²) in [6.45, 7) is -1.01. The van der Waals surface area contributed by atoms with E-state index in [9.17, 15) is 41.3 Å². The second kappa shape index (κ2) is 8.89. The Labute approximate surface area is 177 Å². The number of carbonyl (C=O) groups is 2. The van der Waals surface area contributed by atoms with Crippen LogP contribution in [0.3, 0.4) is 0 Å². The minimum atomic E-state index is -4.81. The van der Waals surface area contributed by atoms with E-state index in [0.29, 0.717) is 12.1 Å². The number of anilines is 1. The Morgan fingerprint density at radius 1 is 1.19 bits per heavy atom. The van der Waals surface area contributed by atoms with Crippen LogP contribution >= 0.6 is 11.6 Å². The third kappa shape index (κ3) is 6.15. The molecule has 0 saturated carbocycles. The molecule has 14 heteroatoms. The van der Waals surface area contributed by atoms with Crippen molar-refractivity contribution >= 4 is 44.7 Å². The van der Waals surface area contributed by atoms with Crippen molar-refractivity contribution in [1.29, 1.82) is 0 Å². The molecule has 0 aromatic heterocycles. The van der Waals surface area contributed by atoms with Crippen molar-refractivity contribution in [3.8, 4) is 0 Å². The van der Waals surface area contributed by atoms with Gasteiger partial charge in [0.15, 0.2) is 16.4 Å². The van der Waals surface area contributed by atoms with Gasteiger partial charge in [0, 0.05) is 17.3 Å². The Hall–Kier alpha value is -3.19. The van der Waals surface area contributed by atoms with Gasteiger partial charge in [-0.15, -0.1) is 0 Å². The number of rotatable bonds is 6. The maximum absolute atomic E-state index is 13.0. The summed E-state index contributed by atoms with van der Waals surface area (Å²) in [7, 11) is -3.96. The molecule has 0 aliphatic heterocycles. The summed E-state index contributed by atoms with van der Waals surface area (Å²) in [6, 6.07) is 5.04. The van der Waals surface area contributed by atoms with E-state index in [0.717, 1.165) is 30.5 Å². The average molecular weight is 481 g/mol. The number of alkyl halides is 3. The molecule has 0 bridgehead atoms. The molecule has 0 fully saturated rings. The zero-order valence-corrected chi connectivity index (χ0v) is 17.0. The van der Waals surface area contributed by atoms with E-state index in [4.69, 9.17) is 11.6 Å². The first-order chi connectivity index (χ1) is 14.2. The number of benzene rings is 2. The van der Waals surface area contributed by atoms with Crippen molar-refractivity contribution in [2.24, 2.45) is 0 Å². The molecule has 1 amide bonds. The molecule has 1 N–H and O–H groups in total. The van der Waals surface area contributed by atoms with Gasteiger partial charge in [0.1, 0.15) is 4.90 Å². The van der Waals surface area contributed by atoms with Gasteiger partial charge in [-0.3, -0.25) is 14.9 Å². The van der Waals surface area contributed by atoms with Gasteiger partial charge in [0.2, 0.25) is 0 Å². The molecule has 0 saturated heterocycles. The Morgan fingerprint density at radius 3 is 2.39 bits per heavy atom. The van der Waals surface area contributed by atoms with Gasteiger partial charge in [-0.25, -0.2) is 13.2 Å². The monoisotopic (exact) mass is 480 g/mol. The maximum atomic E-state index is 13.0. The quantitative estimate of drug-likeness (QED) is 0.380. The zero-order chi connectivity index (χ0) is 23.6. The summed E-state index contributed by atoms with van der Waals surface area (Å²) < 4.78 is 66.9. The van der Waals surface area contributed by atoms with Crippen LogP contribution in [0.25, 0.3) is 0 Å². The van der Waals surface area contributed by atoms with Crippen LogP contribution in [-0.4, -0.2) is 38.1 Å². The van der Waals surface area contributed by atoms with Gasteiger partial charge in [0.05, 0.1) is 21.7 Å². The SMILES string of the molecule is CS(=O)(=O)c1ccc(C(=O)OCC(=O)Nc2ccc(Cl)cc2C(F)(F)F)cc1[N+](=O)[O-].